The maximum Gasteiger partial charge on any atom is 0.297 e. The Morgan fingerprint density at radius 1 is 1.04 bits per heavy atom. The predicted molar refractivity (Wildman–Crippen MR) is 96.7 cm³/mol. The Hall–Kier alpha value is -1.35. The number of hydrogen-bond donors (Lipinski definition) is 1. The maximum absolute atomic E-state index is 12.8. The standard InChI is InChI=1S/C19H28O4S/c1-8-16(20)11-23-24(21,22)19-17(13(4)5)9-15(12(2)3)10-18(19)14(6)7/h1,9-10,12-14,16,20H,11H2,2-7H3. The Morgan fingerprint density at radius 3 is 1.83 bits per heavy atom. The quantitative estimate of drug-likeness (QED) is 0.599. The molecular weight excluding hydrogens is 324 g/mol. The molecule has 0 aliphatic carbocycles. The molecule has 0 aliphatic rings. The third-order valence-electron chi connectivity index (χ3n) is 3.90. The molecule has 1 N–H and O–H groups in total. The van der Waals surface area contributed by atoms with Gasteiger partial charge >= 0.3 is 0 Å². The first-order valence-corrected chi connectivity index (χ1v) is 9.63. The van der Waals surface area contributed by atoms with E-state index in [4.69, 9.17) is 10.6 Å². The third kappa shape index (κ3) is 4.83. The van der Waals surface area contributed by atoms with Crippen LogP contribution in [0.2, 0.25) is 0 Å². The fourth-order valence-corrected chi connectivity index (χ4v) is 4.03. The van der Waals surface area contributed by atoms with Gasteiger partial charge in [-0.3, -0.25) is 4.18 Å². The summed E-state index contributed by atoms with van der Waals surface area (Å²) < 4.78 is 30.6. The van der Waals surface area contributed by atoms with Crippen LogP contribution in [0.25, 0.3) is 0 Å². The molecule has 1 aromatic rings. The van der Waals surface area contributed by atoms with E-state index in [0.717, 1.165) is 16.7 Å². The first kappa shape index (κ1) is 20.7. The number of rotatable bonds is 7. The smallest absolute Gasteiger partial charge is 0.297 e. The Balaban J connectivity index is 3.57. The Bertz CT molecular complexity index is 680. The van der Waals surface area contributed by atoms with Crippen LogP contribution >= 0.6 is 0 Å². The van der Waals surface area contributed by atoms with Gasteiger partial charge in [-0.1, -0.05) is 59.6 Å². The SMILES string of the molecule is C#CC(O)COS(=O)(=O)c1c(C(C)C)cc(C(C)C)cc1C(C)C. The highest BCUT2D eigenvalue weighted by atomic mass is 32.2. The fourth-order valence-electron chi connectivity index (χ4n) is 2.44. The van der Waals surface area contributed by atoms with Crippen LogP contribution in [0, 0.1) is 12.3 Å². The van der Waals surface area contributed by atoms with Crippen molar-refractivity contribution in [3.8, 4) is 12.3 Å². The minimum Gasteiger partial charge on any atom is -0.378 e. The minimum absolute atomic E-state index is 0.0205. The van der Waals surface area contributed by atoms with E-state index in [1.807, 2.05) is 39.8 Å². The monoisotopic (exact) mass is 352 g/mol. The average Bonchev–Trinajstić information content (AvgIpc) is 2.50. The zero-order valence-corrected chi connectivity index (χ0v) is 16.1. The van der Waals surface area contributed by atoms with Gasteiger partial charge in [0.25, 0.3) is 10.1 Å². The van der Waals surface area contributed by atoms with E-state index in [0.29, 0.717) is 5.92 Å². The molecule has 1 rings (SSSR count). The van der Waals surface area contributed by atoms with Gasteiger partial charge in [-0.05, 0) is 34.4 Å². The number of benzene rings is 1. The highest BCUT2D eigenvalue weighted by molar-refractivity contribution is 7.86. The minimum atomic E-state index is -4.01. The normalized spacial score (nSPS) is 13.5. The summed E-state index contributed by atoms with van der Waals surface area (Å²) in [5.41, 5.74) is 2.57. The molecule has 134 valence electrons. The van der Waals surface area contributed by atoms with Gasteiger partial charge < -0.3 is 5.11 Å². The molecule has 0 heterocycles. The van der Waals surface area contributed by atoms with E-state index in [-0.39, 0.29) is 16.7 Å². The predicted octanol–water partition coefficient (Wildman–Crippen LogP) is 3.76. The number of aliphatic hydroxyl groups excluding tert-OH is 1. The zero-order valence-electron chi connectivity index (χ0n) is 15.3. The molecule has 1 atom stereocenters. The molecule has 0 saturated heterocycles. The number of terminal acetylenes is 1. The van der Waals surface area contributed by atoms with Crippen LogP contribution in [-0.4, -0.2) is 26.2 Å². The van der Waals surface area contributed by atoms with E-state index < -0.39 is 22.8 Å². The molecule has 0 aliphatic heterocycles. The highest BCUT2D eigenvalue weighted by Gasteiger charge is 2.28. The first-order chi connectivity index (χ1) is 11.0. The van der Waals surface area contributed by atoms with E-state index in [1.165, 1.54) is 0 Å². The van der Waals surface area contributed by atoms with Crippen LogP contribution in [0.3, 0.4) is 0 Å². The second-order valence-corrected chi connectivity index (χ2v) is 8.47. The van der Waals surface area contributed by atoms with Crippen molar-refractivity contribution in [2.24, 2.45) is 0 Å². The van der Waals surface area contributed by atoms with E-state index in [9.17, 15) is 13.5 Å². The molecule has 1 aromatic carbocycles. The van der Waals surface area contributed by atoms with Gasteiger partial charge in [0.15, 0.2) is 0 Å². The number of aliphatic hydroxyl groups is 1. The number of hydrogen-bond acceptors (Lipinski definition) is 4. The van der Waals surface area contributed by atoms with Gasteiger partial charge in [-0.2, -0.15) is 8.42 Å². The second-order valence-electron chi connectivity index (χ2n) is 6.91. The van der Waals surface area contributed by atoms with Gasteiger partial charge in [-0.15, -0.1) is 6.42 Å². The van der Waals surface area contributed by atoms with Crippen LogP contribution in [0.4, 0.5) is 0 Å². The van der Waals surface area contributed by atoms with Gasteiger partial charge in [-0.25, -0.2) is 0 Å². The van der Waals surface area contributed by atoms with Crippen LogP contribution in [0.15, 0.2) is 17.0 Å². The van der Waals surface area contributed by atoms with Crippen molar-refractivity contribution < 1.29 is 17.7 Å². The maximum atomic E-state index is 12.8. The van der Waals surface area contributed by atoms with Gasteiger partial charge in [0, 0.05) is 0 Å². The molecule has 0 radical (unpaired) electrons. The van der Waals surface area contributed by atoms with Crippen molar-refractivity contribution >= 4 is 10.1 Å². The summed E-state index contributed by atoms with van der Waals surface area (Å²) in [5, 5.41) is 9.42. The van der Waals surface area contributed by atoms with Crippen LogP contribution in [-0.2, 0) is 14.3 Å². The van der Waals surface area contributed by atoms with E-state index in [2.05, 4.69) is 19.8 Å². The van der Waals surface area contributed by atoms with Crippen LogP contribution in [0.5, 0.6) is 0 Å². The van der Waals surface area contributed by atoms with Crippen molar-refractivity contribution in [3.63, 3.8) is 0 Å². The van der Waals surface area contributed by atoms with Crippen molar-refractivity contribution in [2.75, 3.05) is 6.61 Å². The third-order valence-corrected chi connectivity index (χ3v) is 5.32. The molecule has 4 nitrogen and oxygen atoms in total. The van der Waals surface area contributed by atoms with Crippen LogP contribution in [0.1, 0.15) is 76.0 Å². The van der Waals surface area contributed by atoms with Crippen molar-refractivity contribution in [1.29, 1.82) is 0 Å². The lowest BCUT2D eigenvalue weighted by Crippen LogP contribution is -2.20. The Kier molecular flexibility index (Phi) is 7.03. The summed E-state index contributed by atoms with van der Waals surface area (Å²) in [6, 6.07) is 3.88. The van der Waals surface area contributed by atoms with E-state index in [1.54, 1.807) is 0 Å². The molecule has 0 amide bonds. The Labute approximate surface area is 146 Å². The summed E-state index contributed by atoms with van der Waals surface area (Å²) in [4.78, 5) is 0.209. The van der Waals surface area contributed by atoms with Crippen molar-refractivity contribution in [1.82, 2.24) is 0 Å². The summed E-state index contributed by atoms with van der Waals surface area (Å²) in [5.74, 6) is 2.39. The molecule has 0 spiro atoms. The van der Waals surface area contributed by atoms with Crippen molar-refractivity contribution in [2.45, 2.75) is 70.3 Å². The topological polar surface area (TPSA) is 63.6 Å². The van der Waals surface area contributed by atoms with E-state index >= 15 is 0 Å². The summed E-state index contributed by atoms with van der Waals surface area (Å²) in [7, 11) is -4.01. The largest absolute Gasteiger partial charge is 0.378 e. The molecule has 0 saturated carbocycles. The summed E-state index contributed by atoms with van der Waals surface area (Å²) >= 11 is 0. The molecule has 0 fully saturated rings. The Morgan fingerprint density at radius 2 is 1.50 bits per heavy atom. The van der Waals surface area contributed by atoms with Crippen LogP contribution < -0.4 is 0 Å². The lowest BCUT2D eigenvalue weighted by molar-refractivity contribution is 0.155. The summed E-state index contributed by atoms with van der Waals surface area (Å²) in [6.07, 6.45) is 3.82. The molecule has 0 aromatic heterocycles. The van der Waals surface area contributed by atoms with Gasteiger partial charge in [0.05, 0.1) is 0 Å². The second kappa shape index (κ2) is 8.15. The lowest BCUT2D eigenvalue weighted by atomic mass is 9.89. The molecule has 24 heavy (non-hydrogen) atoms. The van der Waals surface area contributed by atoms with Crippen molar-refractivity contribution in [3.05, 3.63) is 28.8 Å². The van der Waals surface area contributed by atoms with Gasteiger partial charge in [0.2, 0.25) is 0 Å². The molecular formula is C19H28O4S. The molecule has 5 heteroatoms. The highest BCUT2D eigenvalue weighted by Crippen LogP contribution is 2.35. The van der Waals surface area contributed by atoms with Gasteiger partial charge in [0.1, 0.15) is 17.6 Å². The molecule has 0 bridgehead atoms. The zero-order chi connectivity index (χ0) is 18.7. The fraction of sp³-hybridized carbons (Fsp3) is 0.579. The average molecular weight is 352 g/mol. The summed E-state index contributed by atoms with van der Waals surface area (Å²) in [6.45, 7) is 11.5. The lowest BCUT2D eigenvalue weighted by Gasteiger charge is -2.22. The molecule has 1 unspecified atom stereocenters. The first-order valence-electron chi connectivity index (χ1n) is 8.22.